The van der Waals surface area contributed by atoms with Gasteiger partial charge in [0.25, 0.3) is 0 Å². The van der Waals surface area contributed by atoms with Crippen molar-refractivity contribution in [1.29, 1.82) is 0 Å². The first-order chi connectivity index (χ1) is 11.0. The Morgan fingerprint density at radius 2 is 2.26 bits per heavy atom. The van der Waals surface area contributed by atoms with Gasteiger partial charge in [0.15, 0.2) is 11.8 Å². The number of benzene rings is 1. The minimum absolute atomic E-state index is 0.0763. The van der Waals surface area contributed by atoms with Gasteiger partial charge in [-0.2, -0.15) is 0 Å². The Hall–Kier alpha value is -1.79. The molecule has 0 spiro atoms. The molecule has 23 heavy (non-hydrogen) atoms. The van der Waals surface area contributed by atoms with Crippen molar-refractivity contribution in [3.63, 3.8) is 0 Å². The van der Waals surface area contributed by atoms with Crippen LogP contribution in [0.25, 0.3) is 0 Å². The van der Waals surface area contributed by atoms with Crippen molar-refractivity contribution in [2.45, 2.75) is 38.9 Å². The number of nitrogens with two attached hydrogens (primary N) is 1. The summed E-state index contributed by atoms with van der Waals surface area (Å²) in [6, 6.07) is 5.31. The van der Waals surface area contributed by atoms with Gasteiger partial charge in [0.2, 0.25) is 0 Å². The maximum Gasteiger partial charge on any atom is 0.189 e. The lowest BCUT2D eigenvalue weighted by molar-refractivity contribution is 0.678. The van der Waals surface area contributed by atoms with Crippen LogP contribution < -0.4 is 11.1 Å². The third kappa shape index (κ3) is 3.59. The molecule has 6 nitrogen and oxygen atoms in total. The molecule has 0 radical (unpaired) electrons. The summed E-state index contributed by atoms with van der Waals surface area (Å²) in [5, 5.41) is 12.6. The summed E-state index contributed by atoms with van der Waals surface area (Å²) >= 11 is 12.1. The Labute approximate surface area is 144 Å². The first-order valence-electron chi connectivity index (χ1n) is 7.47. The molecule has 122 valence electrons. The Kier molecular flexibility index (Phi) is 4.73. The normalized spacial score (nSPS) is 15.5. The third-order valence-electron chi connectivity index (χ3n) is 3.87. The smallest absolute Gasteiger partial charge is 0.189 e. The number of aryl methyl sites for hydroxylation is 1. The first-order valence-corrected chi connectivity index (χ1v) is 8.22. The van der Waals surface area contributed by atoms with Crippen molar-refractivity contribution >= 4 is 29.2 Å². The van der Waals surface area contributed by atoms with Gasteiger partial charge in [-0.15, -0.1) is 10.2 Å². The topological polar surface area (TPSA) is 81.1 Å². The first kappa shape index (κ1) is 16.1. The van der Waals surface area contributed by atoms with Crippen LogP contribution in [0.15, 0.2) is 23.2 Å². The third-order valence-corrected chi connectivity index (χ3v) is 4.43. The lowest BCUT2D eigenvalue weighted by atomic mass is 10.1. The highest BCUT2D eigenvalue weighted by atomic mass is 35.5. The van der Waals surface area contributed by atoms with E-state index in [0.29, 0.717) is 22.5 Å². The Balaban J connectivity index is 1.64. The predicted octanol–water partition coefficient (Wildman–Crippen LogP) is 2.70. The summed E-state index contributed by atoms with van der Waals surface area (Å²) in [7, 11) is 0. The molecular formula is C15H18Cl2N6. The zero-order chi connectivity index (χ0) is 16.4. The number of hydrogen-bond donors (Lipinski definition) is 2. The minimum Gasteiger partial charge on any atom is -0.370 e. The molecule has 1 aromatic heterocycles. The van der Waals surface area contributed by atoms with Crippen LogP contribution in [0.1, 0.15) is 36.6 Å². The second-order valence-corrected chi connectivity index (χ2v) is 6.36. The van der Waals surface area contributed by atoms with Gasteiger partial charge in [0, 0.05) is 23.0 Å². The van der Waals surface area contributed by atoms with Gasteiger partial charge in [-0.1, -0.05) is 29.3 Å². The summed E-state index contributed by atoms with van der Waals surface area (Å²) in [6.07, 6.45) is 2.10. The summed E-state index contributed by atoms with van der Waals surface area (Å²) in [5.41, 5.74) is 6.88. The fourth-order valence-corrected chi connectivity index (χ4v) is 3.25. The fourth-order valence-electron chi connectivity index (χ4n) is 2.68. The van der Waals surface area contributed by atoms with Crippen LogP contribution in [0.3, 0.4) is 0 Å². The summed E-state index contributed by atoms with van der Waals surface area (Å²) in [6.45, 7) is 3.33. The van der Waals surface area contributed by atoms with Gasteiger partial charge in [0.1, 0.15) is 12.4 Å². The number of hydrogen-bond acceptors (Lipinski definition) is 3. The molecular weight excluding hydrogens is 335 g/mol. The monoisotopic (exact) mass is 352 g/mol. The molecule has 1 atom stereocenters. The quantitative estimate of drug-likeness (QED) is 0.654. The van der Waals surface area contributed by atoms with Crippen LogP contribution >= 0.6 is 23.2 Å². The van der Waals surface area contributed by atoms with E-state index in [1.54, 1.807) is 12.1 Å². The van der Waals surface area contributed by atoms with Crippen LogP contribution in [0, 0.1) is 0 Å². The molecule has 0 bridgehead atoms. The van der Waals surface area contributed by atoms with Crippen LogP contribution in [-0.2, 0) is 19.5 Å². The largest absolute Gasteiger partial charge is 0.370 e. The number of aliphatic imine (C=N–C) groups is 1. The maximum absolute atomic E-state index is 6.20. The SMILES string of the molecule is CC(NC(N)=NCc1nnc2n1CCC2)c1ccc(Cl)cc1Cl. The highest BCUT2D eigenvalue weighted by molar-refractivity contribution is 6.35. The molecule has 3 rings (SSSR count). The van der Waals surface area contributed by atoms with Gasteiger partial charge in [-0.25, -0.2) is 4.99 Å². The van der Waals surface area contributed by atoms with Crippen molar-refractivity contribution in [3.8, 4) is 0 Å². The minimum atomic E-state index is -0.0763. The highest BCUT2D eigenvalue weighted by Crippen LogP contribution is 2.25. The Bertz CT molecular complexity index is 740. The number of aromatic nitrogens is 3. The molecule has 0 fully saturated rings. The zero-order valence-corrected chi connectivity index (χ0v) is 14.3. The standard InChI is InChI=1S/C15H18Cl2N6/c1-9(11-5-4-10(16)7-12(11)17)20-15(18)19-8-14-22-21-13-3-2-6-23(13)14/h4-5,7,9H,2-3,6,8H2,1H3,(H3,18,19,20). The fraction of sp³-hybridized carbons (Fsp3) is 0.400. The number of nitrogens with zero attached hydrogens (tertiary/aromatic N) is 4. The van der Waals surface area contributed by atoms with Crippen molar-refractivity contribution in [3.05, 3.63) is 45.5 Å². The van der Waals surface area contributed by atoms with Crippen LogP contribution in [0.2, 0.25) is 10.0 Å². The van der Waals surface area contributed by atoms with Gasteiger partial charge < -0.3 is 15.6 Å². The number of rotatable bonds is 4. The van der Waals surface area contributed by atoms with E-state index in [9.17, 15) is 0 Å². The molecule has 1 aliphatic heterocycles. The van der Waals surface area contributed by atoms with Gasteiger partial charge >= 0.3 is 0 Å². The molecule has 1 aliphatic rings. The molecule has 8 heteroatoms. The molecule has 1 aromatic carbocycles. The molecule has 1 unspecified atom stereocenters. The highest BCUT2D eigenvalue weighted by Gasteiger charge is 2.17. The van der Waals surface area contributed by atoms with E-state index < -0.39 is 0 Å². The van der Waals surface area contributed by atoms with E-state index >= 15 is 0 Å². The summed E-state index contributed by atoms with van der Waals surface area (Å²) in [5.74, 6) is 2.22. The van der Waals surface area contributed by atoms with Crippen molar-refractivity contribution in [1.82, 2.24) is 20.1 Å². The van der Waals surface area contributed by atoms with E-state index in [0.717, 1.165) is 36.6 Å². The molecule has 0 amide bonds. The Morgan fingerprint density at radius 1 is 1.43 bits per heavy atom. The molecule has 3 N–H and O–H groups in total. The van der Waals surface area contributed by atoms with E-state index in [1.165, 1.54) is 0 Å². The number of guanidine groups is 1. The van der Waals surface area contributed by atoms with Gasteiger partial charge in [0.05, 0.1) is 6.04 Å². The predicted molar refractivity (Wildman–Crippen MR) is 91.7 cm³/mol. The number of halogens is 2. The second-order valence-electron chi connectivity index (χ2n) is 5.52. The average Bonchev–Trinajstić information content (AvgIpc) is 3.08. The molecule has 0 saturated carbocycles. The van der Waals surface area contributed by atoms with Gasteiger partial charge in [-0.05, 0) is 31.0 Å². The van der Waals surface area contributed by atoms with Gasteiger partial charge in [-0.3, -0.25) is 0 Å². The average molecular weight is 353 g/mol. The van der Waals surface area contributed by atoms with E-state index in [-0.39, 0.29) is 6.04 Å². The zero-order valence-electron chi connectivity index (χ0n) is 12.8. The second kappa shape index (κ2) is 6.76. The molecule has 0 saturated heterocycles. The van der Waals surface area contributed by atoms with Crippen molar-refractivity contribution < 1.29 is 0 Å². The molecule has 0 aliphatic carbocycles. The van der Waals surface area contributed by atoms with E-state index in [4.69, 9.17) is 28.9 Å². The lowest BCUT2D eigenvalue weighted by Gasteiger charge is -2.16. The molecule has 2 heterocycles. The van der Waals surface area contributed by atoms with Crippen molar-refractivity contribution in [2.24, 2.45) is 10.7 Å². The number of nitrogens with one attached hydrogen (secondary N) is 1. The van der Waals surface area contributed by atoms with E-state index in [2.05, 4.69) is 25.1 Å². The van der Waals surface area contributed by atoms with E-state index in [1.807, 2.05) is 13.0 Å². The van der Waals surface area contributed by atoms with Crippen LogP contribution in [0.4, 0.5) is 0 Å². The van der Waals surface area contributed by atoms with Crippen LogP contribution in [0.5, 0.6) is 0 Å². The van der Waals surface area contributed by atoms with Crippen molar-refractivity contribution in [2.75, 3.05) is 0 Å². The van der Waals surface area contributed by atoms with Crippen LogP contribution in [-0.4, -0.2) is 20.7 Å². The lowest BCUT2D eigenvalue weighted by Crippen LogP contribution is -2.34. The number of fused-ring (bicyclic) bond motifs is 1. The summed E-state index contributed by atoms with van der Waals surface area (Å²) < 4.78 is 2.11. The maximum atomic E-state index is 6.20. The summed E-state index contributed by atoms with van der Waals surface area (Å²) in [4.78, 5) is 4.35. The Morgan fingerprint density at radius 3 is 3.04 bits per heavy atom. The molecule has 2 aromatic rings.